The quantitative estimate of drug-likeness (QED) is 0.627. The number of halogens is 2. The molecule has 1 heterocycles. The largest absolute Gasteiger partial charge is 0.355 e. The van der Waals surface area contributed by atoms with Crippen LogP contribution in [0.4, 0.5) is 4.39 Å². The first-order valence-electron chi connectivity index (χ1n) is 7.21. The summed E-state index contributed by atoms with van der Waals surface area (Å²) in [6.07, 6.45) is 0.645. The van der Waals surface area contributed by atoms with Crippen molar-refractivity contribution in [2.24, 2.45) is 0 Å². The lowest BCUT2D eigenvalue weighted by Crippen LogP contribution is -2.33. The van der Waals surface area contributed by atoms with Gasteiger partial charge in [0.15, 0.2) is 0 Å². The second kappa shape index (κ2) is 7.87. The number of hydrogen-bond acceptors (Lipinski definition) is 3. The summed E-state index contributed by atoms with van der Waals surface area (Å²) in [5, 5.41) is 6.25. The van der Waals surface area contributed by atoms with E-state index < -0.39 is 0 Å². The van der Waals surface area contributed by atoms with Gasteiger partial charge in [0.1, 0.15) is 11.0 Å². The molecule has 5 nitrogen and oxygen atoms in total. The van der Waals surface area contributed by atoms with Gasteiger partial charge in [-0.2, -0.15) is 0 Å². The molecule has 7 heteroatoms. The number of pyridine rings is 1. The van der Waals surface area contributed by atoms with Gasteiger partial charge in [-0.25, -0.2) is 9.37 Å². The molecule has 0 saturated carbocycles. The highest BCUT2D eigenvalue weighted by Crippen LogP contribution is 2.22. The lowest BCUT2D eigenvalue weighted by atomic mass is 10.1. The first-order chi connectivity index (χ1) is 11.0. The molecule has 0 atom stereocenters. The van der Waals surface area contributed by atoms with Crippen molar-refractivity contribution < 1.29 is 14.0 Å². The number of carbonyl (C=O) groups is 2. The number of hydrogen-bond donors (Lipinski definition) is 2. The minimum absolute atomic E-state index is 0.138. The standard InChI is InChI=1S/C16H17ClFN3O2/c1-10(22)19-6-7-20-15(23)5-2-11-8-12-9-13(18)3-4-14(12)21-16(11)17/h3-4,8-9H,2,5-7H2,1H3,(H,19,22)(H,20,23). The molecule has 0 aliphatic carbocycles. The van der Waals surface area contributed by atoms with E-state index in [0.29, 0.717) is 41.1 Å². The molecular weight excluding hydrogens is 321 g/mol. The van der Waals surface area contributed by atoms with E-state index in [1.165, 1.54) is 19.1 Å². The molecule has 2 N–H and O–H groups in total. The Balaban J connectivity index is 1.92. The van der Waals surface area contributed by atoms with E-state index in [1.807, 2.05) is 0 Å². The SMILES string of the molecule is CC(=O)NCCNC(=O)CCc1cc2cc(F)ccc2nc1Cl. The fourth-order valence-electron chi connectivity index (χ4n) is 2.12. The van der Waals surface area contributed by atoms with Gasteiger partial charge in [-0.1, -0.05) is 11.6 Å². The molecule has 2 aromatic rings. The molecule has 0 unspecified atom stereocenters. The molecule has 2 rings (SSSR count). The third-order valence-electron chi connectivity index (χ3n) is 3.25. The minimum Gasteiger partial charge on any atom is -0.355 e. The summed E-state index contributed by atoms with van der Waals surface area (Å²) < 4.78 is 13.3. The summed E-state index contributed by atoms with van der Waals surface area (Å²) in [7, 11) is 0. The van der Waals surface area contributed by atoms with Crippen LogP contribution in [-0.2, 0) is 16.0 Å². The van der Waals surface area contributed by atoms with Crippen molar-refractivity contribution in [2.45, 2.75) is 19.8 Å². The molecule has 23 heavy (non-hydrogen) atoms. The number of nitrogens with one attached hydrogen (secondary N) is 2. The maximum Gasteiger partial charge on any atom is 0.220 e. The number of nitrogens with zero attached hydrogens (tertiary/aromatic N) is 1. The summed E-state index contributed by atoms with van der Waals surface area (Å²) in [6.45, 7) is 2.17. The Labute approximate surface area is 138 Å². The fraction of sp³-hybridized carbons (Fsp3) is 0.312. The summed E-state index contributed by atoms with van der Waals surface area (Å²) in [6, 6.07) is 6.02. The summed E-state index contributed by atoms with van der Waals surface area (Å²) in [4.78, 5) is 26.6. The normalized spacial score (nSPS) is 10.6. The predicted molar refractivity (Wildman–Crippen MR) is 86.7 cm³/mol. The fourth-order valence-corrected chi connectivity index (χ4v) is 2.36. The van der Waals surface area contributed by atoms with E-state index >= 15 is 0 Å². The van der Waals surface area contributed by atoms with Gasteiger partial charge in [-0.05, 0) is 36.2 Å². The Hall–Kier alpha value is -2.21. The highest BCUT2D eigenvalue weighted by molar-refractivity contribution is 6.30. The molecule has 2 amide bonds. The van der Waals surface area contributed by atoms with Crippen molar-refractivity contribution in [3.63, 3.8) is 0 Å². The topological polar surface area (TPSA) is 71.1 Å². The molecule has 0 saturated heterocycles. The van der Waals surface area contributed by atoms with E-state index in [0.717, 1.165) is 0 Å². The Kier molecular flexibility index (Phi) is 5.87. The second-order valence-electron chi connectivity index (χ2n) is 5.11. The van der Waals surface area contributed by atoms with Gasteiger partial charge in [-0.3, -0.25) is 9.59 Å². The Bertz CT molecular complexity index is 737. The number of carbonyl (C=O) groups excluding carboxylic acids is 2. The van der Waals surface area contributed by atoms with Crippen molar-refractivity contribution in [3.8, 4) is 0 Å². The van der Waals surface area contributed by atoms with E-state index in [4.69, 9.17) is 11.6 Å². The van der Waals surface area contributed by atoms with Gasteiger partial charge in [0, 0.05) is 31.8 Å². The highest BCUT2D eigenvalue weighted by Gasteiger charge is 2.08. The lowest BCUT2D eigenvalue weighted by molar-refractivity contribution is -0.122. The average molecular weight is 338 g/mol. The zero-order valence-corrected chi connectivity index (χ0v) is 13.4. The van der Waals surface area contributed by atoms with Gasteiger partial charge in [-0.15, -0.1) is 0 Å². The number of aromatic nitrogens is 1. The first-order valence-corrected chi connectivity index (χ1v) is 7.59. The lowest BCUT2D eigenvalue weighted by Gasteiger charge is -2.08. The number of amides is 2. The van der Waals surface area contributed by atoms with Crippen LogP contribution in [0.1, 0.15) is 18.9 Å². The molecule has 1 aromatic carbocycles. The monoisotopic (exact) mass is 337 g/mol. The third-order valence-corrected chi connectivity index (χ3v) is 3.57. The van der Waals surface area contributed by atoms with Crippen molar-refractivity contribution in [1.29, 1.82) is 0 Å². The molecule has 0 spiro atoms. The van der Waals surface area contributed by atoms with Crippen LogP contribution < -0.4 is 10.6 Å². The van der Waals surface area contributed by atoms with Gasteiger partial charge in [0.05, 0.1) is 5.52 Å². The van der Waals surface area contributed by atoms with E-state index in [-0.39, 0.29) is 24.1 Å². The molecule has 0 bridgehead atoms. The van der Waals surface area contributed by atoms with Gasteiger partial charge in [0.25, 0.3) is 0 Å². The van der Waals surface area contributed by atoms with E-state index in [1.54, 1.807) is 12.1 Å². The predicted octanol–water partition coefficient (Wildman–Crippen LogP) is 2.21. The van der Waals surface area contributed by atoms with Gasteiger partial charge in [0.2, 0.25) is 11.8 Å². The van der Waals surface area contributed by atoms with Crippen LogP contribution in [0.15, 0.2) is 24.3 Å². The van der Waals surface area contributed by atoms with Crippen LogP contribution in [-0.4, -0.2) is 29.9 Å². The average Bonchev–Trinajstić information content (AvgIpc) is 2.49. The Morgan fingerprint density at radius 3 is 2.70 bits per heavy atom. The molecule has 0 aliphatic rings. The smallest absolute Gasteiger partial charge is 0.220 e. The van der Waals surface area contributed by atoms with Gasteiger partial charge >= 0.3 is 0 Å². The molecule has 0 radical (unpaired) electrons. The zero-order valence-electron chi connectivity index (χ0n) is 12.7. The maximum absolute atomic E-state index is 13.3. The van der Waals surface area contributed by atoms with Crippen LogP contribution >= 0.6 is 11.6 Å². The summed E-state index contributed by atoms with van der Waals surface area (Å²) in [5.74, 6) is -0.630. The highest BCUT2D eigenvalue weighted by atomic mass is 35.5. The number of benzene rings is 1. The van der Waals surface area contributed by atoms with Crippen LogP contribution in [0, 0.1) is 5.82 Å². The number of fused-ring (bicyclic) bond motifs is 1. The number of aryl methyl sites for hydroxylation is 1. The Morgan fingerprint density at radius 1 is 1.22 bits per heavy atom. The van der Waals surface area contributed by atoms with Crippen molar-refractivity contribution in [2.75, 3.05) is 13.1 Å². The van der Waals surface area contributed by atoms with E-state index in [9.17, 15) is 14.0 Å². The maximum atomic E-state index is 13.3. The van der Waals surface area contributed by atoms with Gasteiger partial charge < -0.3 is 10.6 Å². The van der Waals surface area contributed by atoms with E-state index in [2.05, 4.69) is 15.6 Å². The molecule has 122 valence electrons. The summed E-state index contributed by atoms with van der Waals surface area (Å²) in [5.41, 5.74) is 1.31. The number of rotatable bonds is 6. The first kappa shape index (κ1) is 17.1. The van der Waals surface area contributed by atoms with Crippen molar-refractivity contribution >= 4 is 34.3 Å². The van der Waals surface area contributed by atoms with Crippen LogP contribution in [0.3, 0.4) is 0 Å². The van der Waals surface area contributed by atoms with Crippen LogP contribution in [0.5, 0.6) is 0 Å². The second-order valence-corrected chi connectivity index (χ2v) is 5.47. The molecule has 0 fully saturated rings. The summed E-state index contributed by atoms with van der Waals surface area (Å²) >= 11 is 6.10. The minimum atomic E-state index is -0.344. The third kappa shape index (κ3) is 5.17. The Morgan fingerprint density at radius 2 is 1.96 bits per heavy atom. The molecular formula is C16H17ClFN3O2. The zero-order chi connectivity index (χ0) is 16.8. The van der Waals surface area contributed by atoms with Crippen molar-refractivity contribution in [1.82, 2.24) is 15.6 Å². The molecule has 1 aromatic heterocycles. The van der Waals surface area contributed by atoms with Crippen LogP contribution in [0.25, 0.3) is 10.9 Å². The molecule has 0 aliphatic heterocycles. The van der Waals surface area contributed by atoms with Crippen LogP contribution in [0.2, 0.25) is 5.15 Å². The van der Waals surface area contributed by atoms with Crippen molar-refractivity contribution in [3.05, 3.63) is 40.8 Å².